The molecule has 0 N–H and O–H groups in total. The molecule has 1 unspecified atom stereocenters. The molecular weight excluding hydrogens is 286 g/mol. The van der Waals surface area contributed by atoms with Gasteiger partial charge >= 0.3 is 0 Å². The van der Waals surface area contributed by atoms with Gasteiger partial charge < -0.3 is 9.94 Å². The normalized spacial score (nSPS) is 13.1. The van der Waals surface area contributed by atoms with E-state index in [0.29, 0.717) is 12.5 Å². The van der Waals surface area contributed by atoms with E-state index >= 15 is 0 Å². The van der Waals surface area contributed by atoms with Gasteiger partial charge in [0, 0.05) is 11.5 Å². The quantitative estimate of drug-likeness (QED) is 0.166. The molecule has 1 aromatic carbocycles. The second-order valence-electron chi connectivity index (χ2n) is 6.46. The fourth-order valence-corrected chi connectivity index (χ4v) is 2.75. The third-order valence-electron chi connectivity index (χ3n) is 4.18. The van der Waals surface area contributed by atoms with Crippen LogP contribution in [0.1, 0.15) is 70.8 Å². The van der Waals surface area contributed by atoms with Crippen LogP contribution in [-0.4, -0.2) is 18.1 Å². The number of hydrogen-bond acceptors (Lipinski definition) is 2. The predicted molar refractivity (Wildman–Crippen MR) is 98.2 cm³/mol. The predicted octanol–water partition coefficient (Wildman–Crippen LogP) is 5.55. The van der Waals surface area contributed by atoms with Crippen molar-refractivity contribution in [3.05, 3.63) is 35.0 Å². The summed E-state index contributed by atoms with van der Waals surface area (Å²) in [7, 11) is 1.65. The number of ether oxygens (including phenoxy) is 1. The highest BCUT2D eigenvalue weighted by atomic mass is 16.5. The molecule has 0 aliphatic carbocycles. The highest BCUT2D eigenvalue weighted by molar-refractivity contribution is 5.54. The van der Waals surface area contributed by atoms with Gasteiger partial charge in [-0.15, -0.1) is 0 Å². The van der Waals surface area contributed by atoms with E-state index in [2.05, 4.69) is 13.8 Å². The number of methoxy groups -OCH3 is 1. The number of benzene rings is 1. The third-order valence-corrected chi connectivity index (χ3v) is 4.18. The smallest absolute Gasteiger partial charge is 0.178 e. The van der Waals surface area contributed by atoms with Gasteiger partial charge in [0.2, 0.25) is 0 Å². The van der Waals surface area contributed by atoms with Gasteiger partial charge in [0.15, 0.2) is 12.8 Å². The molecule has 0 spiro atoms. The molecule has 0 saturated carbocycles. The van der Waals surface area contributed by atoms with Gasteiger partial charge in [-0.1, -0.05) is 58.8 Å². The molecule has 3 heteroatoms. The first-order chi connectivity index (χ1) is 11.2. The van der Waals surface area contributed by atoms with Crippen molar-refractivity contribution in [1.29, 1.82) is 0 Å². The summed E-state index contributed by atoms with van der Waals surface area (Å²) in [6.45, 7) is 4.79. The average molecular weight is 319 g/mol. The molecule has 0 bridgehead atoms. The van der Waals surface area contributed by atoms with Gasteiger partial charge in [0.25, 0.3) is 0 Å². The lowest BCUT2D eigenvalue weighted by Crippen LogP contribution is -2.10. The molecule has 23 heavy (non-hydrogen) atoms. The van der Waals surface area contributed by atoms with Crippen molar-refractivity contribution in [2.45, 2.75) is 71.8 Å². The van der Waals surface area contributed by atoms with E-state index in [1.807, 2.05) is 30.5 Å². The van der Waals surface area contributed by atoms with Crippen molar-refractivity contribution in [2.75, 3.05) is 7.11 Å². The molecule has 0 fully saturated rings. The van der Waals surface area contributed by atoms with Crippen molar-refractivity contribution in [3.8, 4) is 5.75 Å². The van der Waals surface area contributed by atoms with Crippen LogP contribution >= 0.6 is 0 Å². The Balaban J connectivity index is 2.22. The topological polar surface area (TPSA) is 35.3 Å². The highest BCUT2D eigenvalue weighted by Gasteiger charge is 2.05. The standard InChI is InChI=1S/C20H33NO2/c1-4-5-6-7-8-9-10-11-18(2)16-21(22)17-19-12-14-20(23-3)15-13-19/h12-16,18H,4-11,17H2,1-3H3. The van der Waals surface area contributed by atoms with Crippen LogP contribution in [0, 0.1) is 11.1 Å². The molecule has 1 atom stereocenters. The molecule has 3 nitrogen and oxygen atoms in total. The van der Waals surface area contributed by atoms with Gasteiger partial charge in [-0.05, 0) is 30.7 Å². The summed E-state index contributed by atoms with van der Waals surface area (Å²) in [6.07, 6.45) is 12.2. The summed E-state index contributed by atoms with van der Waals surface area (Å²) in [6, 6.07) is 7.67. The van der Waals surface area contributed by atoms with Gasteiger partial charge in [0.1, 0.15) is 5.75 Å². The second kappa shape index (κ2) is 12.0. The number of unbranched alkanes of at least 4 members (excludes halogenated alkanes) is 6. The van der Waals surface area contributed by atoms with E-state index in [1.54, 1.807) is 7.11 Å². The maximum atomic E-state index is 12.0. The summed E-state index contributed by atoms with van der Waals surface area (Å²) in [4.78, 5) is 0. The van der Waals surface area contributed by atoms with Crippen LogP contribution in [0.25, 0.3) is 0 Å². The first-order valence-electron chi connectivity index (χ1n) is 9.07. The number of nitrogens with zero attached hydrogens (tertiary/aromatic N) is 1. The summed E-state index contributed by atoms with van der Waals surface area (Å²) in [5, 5.41) is 12.0. The maximum absolute atomic E-state index is 12.0. The minimum absolute atomic E-state index is 0.349. The molecule has 0 radical (unpaired) electrons. The van der Waals surface area contributed by atoms with Gasteiger partial charge in [-0.3, -0.25) is 0 Å². The average Bonchev–Trinajstić information content (AvgIpc) is 2.54. The Hall–Kier alpha value is -1.51. The SMILES string of the molecule is CCCCCCCCCC(C)C=[N+]([O-])Cc1ccc(OC)cc1. The highest BCUT2D eigenvalue weighted by Crippen LogP contribution is 2.13. The zero-order chi connectivity index (χ0) is 16.9. The zero-order valence-corrected chi connectivity index (χ0v) is 15.1. The minimum atomic E-state index is 0.349. The van der Waals surface area contributed by atoms with Gasteiger partial charge in [-0.25, -0.2) is 4.74 Å². The largest absolute Gasteiger partial charge is 0.624 e. The van der Waals surface area contributed by atoms with Crippen LogP contribution in [0.5, 0.6) is 5.75 Å². The summed E-state index contributed by atoms with van der Waals surface area (Å²) >= 11 is 0. The van der Waals surface area contributed by atoms with Crippen LogP contribution < -0.4 is 4.74 Å². The zero-order valence-electron chi connectivity index (χ0n) is 15.1. The van der Waals surface area contributed by atoms with E-state index in [1.165, 1.54) is 44.9 Å². The molecule has 1 aromatic rings. The minimum Gasteiger partial charge on any atom is -0.624 e. The number of hydroxylamine groups is 1. The third kappa shape index (κ3) is 9.27. The van der Waals surface area contributed by atoms with Crippen LogP contribution in [0.15, 0.2) is 24.3 Å². The lowest BCUT2D eigenvalue weighted by atomic mass is 10.0. The molecule has 0 aliphatic heterocycles. The fourth-order valence-electron chi connectivity index (χ4n) is 2.75. The van der Waals surface area contributed by atoms with E-state index in [0.717, 1.165) is 22.5 Å². The maximum Gasteiger partial charge on any atom is 0.178 e. The van der Waals surface area contributed by atoms with Crippen molar-refractivity contribution in [3.63, 3.8) is 0 Å². The van der Waals surface area contributed by atoms with Crippen molar-refractivity contribution in [1.82, 2.24) is 0 Å². The molecule has 0 saturated heterocycles. The monoisotopic (exact) mass is 319 g/mol. The molecule has 0 aliphatic rings. The molecule has 0 heterocycles. The second-order valence-corrected chi connectivity index (χ2v) is 6.46. The van der Waals surface area contributed by atoms with E-state index in [-0.39, 0.29) is 0 Å². The summed E-state index contributed by atoms with van der Waals surface area (Å²) in [5.74, 6) is 1.17. The number of hydrogen-bond donors (Lipinski definition) is 0. The number of rotatable bonds is 12. The Kier molecular flexibility index (Phi) is 10.2. The van der Waals surface area contributed by atoms with Crippen LogP contribution in [0.3, 0.4) is 0 Å². The summed E-state index contributed by atoms with van der Waals surface area (Å²) in [5.41, 5.74) is 1.01. The summed E-state index contributed by atoms with van der Waals surface area (Å²) < 4.78 is 6.19. The fraction of sp³-hybridized carbons (Fsp3) is 0.650. The van der Waals surface area contributed by atoms with Crippen LogP contribution in [0.4, 0.5) is 0 Å². The van der Waals surface area contributed by atoms with Crippen molar-refractivity contribution >= 4 is 6.21 Å². The van der Waals surface area contributed by atoms with Gasteiger partial charge in [-0.2, -0.15) is 0 Å². The first kappa shape index (κ1) is 19.5. The molecule has 0 amide bonds. The Labute approximate surface area is 142 Å². The van der Waals surface area contributed by atoms with Gasteiger partial charge in [0.05, 0.1) is 7.11 Å². The van der Waals surface area contributed by atoms with Crippen LogP contribution in [-0.2, 0) is 6.54 Å². The van der Waals surface area contributed by atoms with Crippen molar-refractivity contribution in [2.24, 2.45) is 5.92 Å². The Morgan fingerprint density at radius 2 is 1.65 bits per heavy atom. The lowest BCUT2D eigenvalue weighted by Gasteiger charge is -2.09. The molecule has 130 valence electrons. The lowest BCUT2D eigenvalue weighted by molar-refractivity contribution is -0.472. The first-order valence-corrected chi connectivity index (χ1v) is 9.07. The Morgan fingerprint density at radius 1 is 1.04 bits per heavy atom. The van der Waals surface area contributed by atoms with E-state index in [9.17, 15) is 5.21 Å². The van der Waals surface area contributed by atoms with E-state index in [4.69, 9.17) is 4.74 Å². The Bertz CT molecular complexity index is 439. The Morgan fingerprint density at radius 3 is 2.26 bits per heavy atom. The van der Waals surface area contributed by atoms with Crippen LogP contribution in [0.2, 0.25) is 0 Å². The molecule has 1 rings (SSSR count). The molecular formula is C20H33NO2. The van der Waals surface area contributed by atoms with Crippen molar-refractivity contribution < 1.29 is 9.48 Å². The molecule has 0 aromatic heterocycles. The van der Waals surface area contributed by atoms with E-state index < -0.39 is 0 Å².